The minimum Gasteiger partial charge on any atom is -0.368 e. The lowest BCUT2D eigenvalue weighted by atomic mass is 10.1. The van der Waals surface area contributed by atoms with E-state index in [2.05, 4.69) is 34.6 Å². The Hall–Kier alpha value is -1.43. The molecule has 104 valence electrons. The lowest BCUT2D eigenvalue weighted by molar-refractivity contribution is -0.126. The van der Waals surface area contributed by atoms with Crippen molar-refractivity contribution in [2.45, 2.75) is 25.4 Å². The summed E-state index contributed by atoms with van der Waals surface area (Å²) < 4.78 is 0. The highest BCUT2D eigenvalue weighted by Crippen LogP contribution is 2.13. The number of primary amides is 1. The Balaban J connectivity index is 1.66. The third-order valence-corrected chi connectivity index (χ3v) is 3.30. The average Bonchev–Trinajstić information content (AvgIpc) is 2.42. The van der Waals surface area contributed by atoms with E-state index in [4.69, 9.17) is 10.6 Å². The number of nitrogens with zero attached hydrogens (tertiary/aromatic N) is 1. The van der Waals surface area contributed by atoms with Gasteiger partial charge in [-0.2, -0.15) is 5.48 Å². The Labute approximate surface area is 113 Å². The van der Waals surface area contributed by atoms with Gasteiger partial charge in [-0.1, -0.05) is 30.3 Å². The zero-order valence-corrected chi connectivity index (χ0v) is 11.0. The van der Waals surface area contributed by atoms with Crippen LogP contribution in [0.4, 0.5) is 0 Å². The number of hydrogen-bond acceptors (Lipinski definition) is 4. The van der Waals surface area contributed by atoms with E-state index in [0.29, 0.717) is 6.04 Å². The number of carbonyl (C=O) groups excluding carboxylic acids is 1. The van der Waals surface area contributed by atoms with Gasteiger partial charge in [-0.3, -0.25) is 14.5 Å². The monoisotopic (exact) mass is 263 g/mol. The highest BCUT2D eigenvalue weighted by atomic mass is 16.6. The van der Waals surface area contributed by atoms with E-state index in [1.54, 1.807) is 0 Å². The summed E-state index contributed by atoms with van der Waals surface area (Å²) in [6.07, 6.45) is 2.04. The van der Waals surface area contributed by atoms with E-state index < -0.39 is 5.91 Å². The molecule has 5 heteroatoms. The van der Waals surface area contributed by atoms with Crippen molar-refractivity contribution >= 4 is 5.91 Å². The molecule has 1 heterocycles. The standard InChI is InChI=1S/C14H21N3O2/c15-14(18)11-19-16-13-6-8-17(9-7-13)10-12-4-2-1-3-5-12/h1-5,13,16H,6-11H2,(H2,15,18). The molecule has 0 atom stereocenters. The molecule has 3 N–H and O–H groups in total. The largest absolute Gasteiger partial charge is 0.368 e. The van der Waals surface area contributed by atoms with Gasteiger partial charge in [0.25, 0.3) is 0 Å². The van der Waals surface area contributed by atoms with Gasteiger partial charge in [0, 0.05) is 25.7 Å². The fourth-order valence-electron chi connectivity index (χ4n) is 2.28. The molecule has 1 aliphatic rings. The number of hydroxylamine groups is 1. The zero-order valence-electron chi connectivity index (χ0n) is 11.0. The van der Waals surface area contributed by atoms with Crippen LogP contribution in [0.5, 0.6) is 0 Å². The number of piperidine rings is 1. The van der Waals surface area contributed by atoms with Crippen molar-refractivity contribution in [3.05, 3.63) is 35.9 Å². The number of benzene rings is 1. The summed E-state index contributed by atoms with van der Waals surface area (Å²) in [5, 5.41) is 0. The van der Waals surface area contributed by atoms with E-state index in [-0.39, 0.29) is 6.61 Å². The third-order valence-electron chi connectivity index (χ3n) is 3.30. The summed E-state index contributed by atoms with van der Waals surface area (Å²) in [4.78, 5) is 18.0. The number of rotatable bonds is 6. The molecule has 1 saturated heterocycles. The molecule has 1 aliphatic heterocycles. The first-order chi connectivity index (χ1) is 9.24. The molecule has 0 aromatic heterocycles. The Kier molecular flexibility index (Phi) is 5.32. The summed E-state index contributed by atoms with van der Waals surface area (Å²) in [5.41, 5.74) is 9.26. The second kappa shape index (κ2) is 7.23. The van der Waals surface area contributed by atoms with E-state index in [9.17, 15) is 4.79 Å². The number of nitrogens with two attached hydrogens (primary N) is 1. The first-order valence-corrected chi connectivity index (χ1v) is 6.66. The maximum Gasteiger partial charge on any atom is 0.245 e. The maximum atomic E-state index is 10.5. The SMILES string of the molecule is NC(=O)CONC1CCN(Cc2ccccc2)CC1. The normalized spacial score (nSPS) is 17.5. The topological polar surface area (TPSA) is 67.6 Å². The van der Waals surface area contributed by atoms with Crippen molar-refractivity contribution in [2.75, 3.05) is 19.7 Å². The van der Waals surface area contributed by atoms with Crippen LogP contribution in [0.1, 0.15) is 18.4 Å². The van der Waals surface area contributed by atoms with Crippen LogP contribution in [-0.2, 0) is 16.2 Å². The number of nitrogens with one attached hydrogen (secondary N) is 1. The Morgan fingerprint density at radius 2 is 2.00 bits per heavy atom. The van der Waals surface area contributed by atoms with E-state index in [0.717, 1.165) is 32.5 Å². The van der Waals surface area contributed by atoms with Gasteiger partial charge < -0.3 is 5.73 Å². The quantitative estimate of drug-likeness (QED) is 0.740. The van der Waals surface area contributed by atoms with Crippen molar-refractivity contribution in [2.24, 2.45) is 5.73 Å². The molecule has 1 amide bonds. The van der Waals surface area contributed by atoms with Crippen LogP contribution >= 0.6 is 0 Å². The zero-order chi connectivity index (χ0) is 13.5. The molecule has 0 bridgehead atoms. The molecule has 2 rings (SSSR count). The molecule has 19 heavy (non-hydrogen) atoms. The lowest BCUT2D eigenvalue weighted by Gasteiger charge is -2.32. The van der Waals surface area contributed by atoms with Gasteiger partial charge in [0.2, 0.25) is 5.91 Å². The molecule has 0 aliphatic carbocycles. The maximum absolute atomic E-state index is 10.5. The predicted octanol–water partition coefficient (Wildman–Crippen LogP) is 0.658. The van der Waals surface area contributed by atoms with Crippen LogP contribution in [0.2, 0.25) is 0 Å². The molecular weight excluding hydrogens is 242 g/mol. The minimum atomic E-state index is -0.450. The number of carbonyl (C=O) groups is 1. The summed E-state index contributed by atoms with van der Waals surface area (Å²) in [6.45, 7) is 3.00. The summed E-state index contributed by atoms with van der Waals surface area (Å²) >= 11 is 0. The van der Waals surface area contributed by atoms with Gasteiger partial charge in [-0.15, -0.1) is 0 Å². The van der Waals surface area contributed by atoms with Crippen LogP contribution in [0.25, 0.3) is 0 Å². The van der Waals surface area contributed by atoms with Crippen molar-refractivity contribution in [3.63, 3.8) is 0 Å². The lowest BCUT2D eigenvalue weighted by Crippen LogP contribution is -2.42. The molecule has 1 aromatic carbocycles. The number of likely N-dealkylation sites (tertiary alicyclic amines) is 1. The highest BCUT2D eigenvalue weighted by molar-refractivity contribution is 5.74. The Bertz CT molecular complexity index is 389. The summed E-state index contributed by atoms with van der Waals surface area (Å²) in [6, 6.07) is 10.8. The van der Waals surface area contributed by atoms with Gasteiger partial charge in [-0.25, -0.2) is 0 Å². The molecule has 0 radical (unpaired) electrons. The second-order valence-electron chi connectivity index (χ2n) is 4.91. The van der Waals surface area contributed by atoms with Crippen molar-refractivity contribution in [1.82, 2.24) is 10.4 Å². The van der Waals surface area contributed by atoms with Gasteiger partial charge >= 0.3 is 0 Å². The fourth-order valence-corrected chi connectivity index (χ4v) is 2.28. The first kappa shape index (κ1) is 14.0. The average molecular weight is 263 g/mol. The van der Waals surface area contributed by atoms with Gasteiger partial charge in [-0.05, 0) is 18.4 Å². The summed E-state index contributed by atoms with van der Waals surface area (Å²) in [7, 11) is 0. The minimum absolute atomic E-state index is 0.0652. The van der Waals surface area contributed by atoms with Gasteiger partial charge in [0.05, 0.1) is 0 Å². The van der Waals surface area contributed by atoms with E-state index >= 15 is 0 Å². The molecule has 1 fully saturated rings. The van der Waals surface area contributed by atoms with Crippen LogP contribution < -0.4 is 11.2 Å². The van der Waals surface area contributed by atoms with Gasteiger partial charge in [0.15, 0.2) is 0 Å². The third kappa shape index (κ3) is 4.98. The molecule has 0 spiro atoms. The number of amides is 1. The van der Waals surface area contributed by atoms with Crippen molar-refractivity contribution in [1.29, 1.82) is 0 Å². The van der Waals surface area contributed by atoms with Crippen molar-refractivity contribution < 1.29 is 9.63 Å². The van der Waals surface area contributed by atoms with Crippen LogP contribution in [0, 0.1) is 0 Å². The fraction of sp³-hybridized carbons (Fsp3) is 0.500. The van der Waals surface area contributed by atoms with Crippen molar-refractivity contribution in [3.8, 4) is 0 Å². The smallest absolute Gasteiger partial charge is 0.245 e. The predicted molar refractivity (Wildman–Crippen MR) is 73.0 cm³/mol. The molecular formula is C14H21N3O2. The summed E-state index contributed by atoms with van der Waals surface area (Å²) in [5.74, 6) is -0.450. The van der Waals surface area contributed by atoms with Crippen LogP contribution in [0.3, 0.4) is 0 Å². The van der Waals surface area contributed by atoms with E-state index in [1.807, 2.05) is 6.07 Å². The highest BCUT2D eigenvalue weighted by Gasteiger charge is 2.19. The van der Waals surface area contributed by atoms with E-state index in [1.165, 1.54) is 5.56 Å². The molecule has 5 nitrogen and oxygen atoms in total. The van der Waals surface area contributed by atoms with Crippen LogP contribution in [0.15, 0.2) is 30.3 Å². The molecule has 0 unspecified atom stereocenters. The Morgan fingerprint density at radius 1 is 1.32 bits per heavy atom. The number of hydrogen-bond donors (Lipinski definition) is 2. The second-order valence-corrected chi connectivity index (χ2v) is 4.91. The Morgan fingerprint density at radius 3 is 2.63 bits per heavy atom. The van der Waals surface area contributed by atoms with Crippen LogP contribution in [-0.4, -0.2) is 36.5 Å². The van der Waals surface area contributed by atoms with Gasteiger partial charge in [0.1, 0.15) is 6.61 Å². The molecule has 1 aromatic rings. The molecule has 0 saturated carbocycles. The first-order valence-electron chi connectivity index (χ1n) is 6.66.